The number of carbonyl (C=O) groups excluding carboxylic acids is 2. The molecule has 0 bridgehead atoms. The number of aliphatic carboxylic acids is 1. The zero-order valence-electron chi connectivity index (χ0n) is 26.3. The predicted molar refractivity (Wildman–Crippen MR) is 184 cm³/mol. The highest BCUT2D eigenvalue weighted by atomic mass is 32.1. The van der Waals surface area contributed by atoms with Crippen LogP contribution in [0, 0.1) is 0 Å². The number of carboxylic acid groups (broad SMARTS) is 1. The molecule has 9 heteroatoms. The van der Waals surface area contributed by atoms with Crippen LogP contribution in [0.15, 0.2) is 102 Å². The summed E-state index contributed by atoms with van der Waals surface area (Å²) in [6, 6.07) is 27.9. The molecule has 2 amide bonds. The van der Waals surface area contributed by atoms with E-state index in [0.717, 1.165) is 32.7 Å². The van der Waals surface area contributed by atoms with Crippen molar-refractivity contribution >= 4 is 40.9 Å². The van der Waals surface area contributed by atoms with Crippen LogP contribution in [0.3, 0.4) is 0 Å². The molecular formula is C37H38N4O4S. The minimum atomic E-state index is -1.15. The van der Waals surface area contributed by atoms with E-state index in [1.807, 2.05) is 60.9 Å². The number of rotatable bonds is 10. The molecule has 1 aromatic heterocycles. The fourth-order valence-corrected chi connectivity index (χ4v) is 5.95. The Morgan fingerprint density at radius 3 is 2.11 bits per heavy atom. The van der Waals surface area contributed by atoms with Gasteiger partial charge in [-0.05, 0) is 52.3 Å². The maximum Gasteiger partial charge on any atom is 0.325 e. The molecule has 1 aliphatic heterocycles. The Morgan fingerprint density at radius 1 is 0.870 bits per heavy atom. The number of aliphatic imine (C=N–C) groups is 1. The van der Waals surface area contributed by atoms with E-state index in [-0.39, 0.29) is 23.9 Å². The fourth-order valence-electron chi connectivity index (χ4n) is 4.98. The van der Waals surface area contributed by atoms with Gasteiger partial charge >= 0.3 is 5.97 Å². The second-order valence-electron chi connectivity index (χ2n) is 12.3. The zero-order chi connectivity index (χ0) is 32.8. The predicted octanol–water partition coefficient (Wildman–Crippen LogP) is 6.36. The number of nitrogens with one attached hydrogen (secondary N) is 3. The Bertz CT molecular complexity index is 1750. The van der Waals surface area contributed by atoms with Crippen LogP contribution in [0.2, 0.25) is 0 Å². The highest BCUT2D eigenvalue weighted by Crippen LogP contribution is 2.30. The van der Waals surface area contributed by atoms with Crippen LogP contribution in [0.4, 0.5) is 0 Å². The first kappa shape index (κ1) is 32.4. The van der Waals surface area contributed by atoms with E-state index in [9.17, 15) is 19.5 Å². The number of carboxylic acids is 1. The smallest absolute Gasteiger partial charge is 0.325 e. The van der Waals surface area contributed by atoms with Gasteiger partial charge in [0.1, 0.15) is 18.2 Å². The topological polar surface area (TPSA) is 120 Å². The van der Waals surface area contributed by atoms with Crippen molar-refractivity contribution in [3.05, 3.63) is 124 Å². The molecule has 0 aliphatic carbocycles. The number of hydrogen-bond donors (Lipinski definition) is 4. The summed E-state index contributed by atoms with van der Waals surface area (Å²) >= 11 is 1.38. The first-order valence-corrected chi connectivity index (χ1v) is 16.0. The minimum absolute atomic E-state index is 0.110. The molecule has 0 spiro atoms. The van der Waals surface area contributed by atoms with Crippen LogP contribution >= 0.6 is 11.3 Å². The van der Waals surface area contributed by atoms with E-state index in [2.05, 4.69) is 73.1 Å². The Morgan fingerprint density at radius 2 is 1.52 bits per heavy atom. The van der Waals surface area contributed by atoms with Gasteiger partial charge in [-0.15, -0.1) is 11.3 Å². The summed E-state index contributed by atoms with van der Waals surface area (Å²) in [4.78, 5) is 43.9. The summed E-state index contributed by atoms with van der Waals surface area (Å²) in [5, 5.41) is 18.0. The summed E-state index contributed by atoms with van der Waals surface area (Å²) in [7, 11) is 0. The molecule has 5 rings (SSSR count). The van der Waals surface area contributed by atoms with E-state index < -0.39 is 24.0 Å². The lowest BCUT2D eigenvalue weighted by atomic mass is 9.95. The molecule has 1 aliphatic rings. The molecule has 2 heterocycles. The summed E-state index contributed by atoms with van der Waals surface area (Å²) < 4.78 is 0. The summed E-state index contributed by atoms with van der Waals surface area (Å²) in [5.74, 6) is -2.09. The van der Waals surface area contributed by atoms with Gasteiger partial charge in [0.2, 0.25) is 5.91 Å². The van der Waals surface area contributed by atoms with Gasteiger partial charge < -0.3 is 21.1 Å². The second kappa shape index (κ2) is 14.0. The van der Waals surface area contributed by atoms with Crippen molar-refractivity contribution in [3.63, 3.8) is 0 Å². The average Bonchev–Trinajstić information content (AvgIpc) is 3.57. The van der Waals surface area contributed by atoms with E-state index >= 15 is 0 Å². The molecule has 8 nitrogen and oxygen atoms in total. The molecule has 4 aromatic rings. The van der Waals surface area contributed by atoms with Crippen LogP contribution in [-0.4, -0.2) is 41.2 Å². The van der Waals surface area contributed by atoms with Crippen LogP contribution in [-0.2, 0) is 21.4 Å². The molecule has 1 unspecified atom stereocenters. The Hall–Kier alpha value is -5.02. The zero-order valence-corrected chi connectivity index (χ0v) is 27.1. The number of hydrogen-bond acceptors (Lipinski definition) is 6. The molecule has 0 saturated carbocycles. The Kier molecular flexibility index (Phi) is 9.82. The number of nitrogens with zero attached hydrogens (tertiary/aromatic N) is 1. The maximum atomic E-state index is 13.2. The third-order valence-electron chi connectivity index (χ3n) is 7.74. The van der Waals surface area contributed by atoms with Crippen molar-refractivity contribution < 1.29 is 19.5 Å². The van der Waals surface area contributed by atoms with Crippen molar-refractivity contribution in [2.45, 2.75) is 57.8 Å². The highest BCUT2D eigenvalue weighted by Gasteiger charge is 2.27. The molecule has 4 N–H and O–H groups in total. The maximum absolute atomic E-state index is 13.2. The molecule has 0 saturated heterocycles. The van der Waals surface area contributed by atoms with Gasteiger partial charge in [-0.3, -0.25) is 19.4 Å². The molecule has 0 radical (unpaired) electrons. The van der Waals surface area contributed by atoms with Crippen LogP contribution < -0.4 is 16.0 Å². The van der Waals surface area contributed by atoms with E-state index in [1.54, 1.807) is 6.07 Å². The Labute approximate surface area is 273 Å². The van der Waals surface area contributed by atoms with Crippen molar-refractivity contribution in [2.24, 2.45) is 4.99 Å². The molecule has 236 valence electrons. The molecular weight excluding hydrogens is 596 g/mol. The van der Waals surface area contributed by atoms with Crippen molar-refractivity contribution in [3.8, 4) is 11.1 Å². The van der Waals surface area contributed by atoms with Crippen LogP contribution in [0.5, 0.6) is 0 Å². The van der Waals surface area contributed by atoms with Gasteiger partial charge in [-0.25, -0.2) is 0 Å². The normalized spacial score (nSPS) is 15.7. The van der Waals surface area contributed by atoms with Crippen LogP contribution in [0.1, 0.15) is 65.1 Å². The molecule has 0 fully saturated rings. The second-order valence-corrected chi connectivity index (χ2v) is 13.4. The van der Waals surface area contributed by atoms with Gasteiger partial charge in [-0.2, -0.15) is 0 Å². The van der Waals surface area contributed by atoms with Gasteiger partial charge in [0.25, 0.3) is 5.91 Å². The van der Waals surface area contributed by atoms with E-state index in [4.69, 9.17) is 4.99 Å². The molecule has 3 atom stereocenters. The van der Waals surface area contributed by atoms with Gasteiger partial charge in [0.05, 0.1) is 4.88 Å². The first-order chi connectivity index (χ1) is 22.0. The monoisotopic (exact) mass is 634 g/mol. The van der Waals surface area contributed by atoms with E-state index in [1.165, 1.54) is 23.8 Å². The van der Waals surface area contributed by atoms with Gasteiger partial charge in [-0.1, -0.05) is 99.6 Å². The first-order valence-electron chi connectivity index (χ1n) is 15.2. The lowest BCUT2D eigenvalue weighted by Gasteiger charge is -2.21. The lowest BCUT2D eigenvalue weighted by Crippen LogP contribution is -2.51. The van der Waals surface area contributed by atoms with Crippen LogP contribution in [0.25, 0.3) is 16.7 Å². The summed E-state index contributed by atoms with van der Waals surface area (Å²) in [6.07, 6.45) is 3.74. The quantitative estimate of drug-likeness (QED) is 0.162. The SMILES string of the molecule is C[C@@H](NC(=O)[C@H](Cc1ccc(C2N=CC(c3ccc(-c4ccccc4)cc3)=CN2)cc1)NC(=O)c1ccc(C(C)(C)C)s1)C(=O)O. The Balaban J connectivity index is 1.24. The lowest BCUT2D eigenvalue weighted by molar-refractivity contribution is -0.141. The highest BCUT2D eigenvalue weighted by molar-refractivity contribution is 7.14. The standard InChI is InChI=1S/C37H38N4O4S/c1-23(36(44)45)40-34(42)30(41-35(43)31-18-19-32(46-31)37(2,3)4)20-24-10-12-28(13-11-24)33-38-21-29(22-39-33)27-16-14-26(15-17-27)25-8-6-5-7-9-25/h5-19,21-23,30,33,38H,20H2,1-4H3,(H,40,42)(H,41,43)(H,44,45)/t23-,30+,33?/m1/s1. The molecule has 3 aromatic carbocycles. The average molecular weight is 635 g/mol. The van der Waals surface area contributed by atoms with Gasteiger partial charge in [0, 0.05) is 29.3 Å². The number of benzene rings is 3. The third-order valence-corrected chi connectivity index (χ3v) is 9.25. The fraction of sp³-hybridized carbons (Fsp3) is 0.243. The molecule has 46 heavy (non-hydrogen) atoms. The van der Waals surface area contributed by atoms with Crippen molar-refractivity contribution in [1.82, 2.24) is 16.0 Å². The van der Waals surface area contributed by atoms with Crippen molar-refractivity contribution in [2.75, 3.05) is 0 Å². The third kappa shape index (κ3) is 7.97. The van der Waals surface area contributed by atoms with Crippen molar-refractivity contribution in [1.29, 1.82) is 0 Å². The van der Waals surface area contributed by atoms with Gasteiger partial charge in [0.15, 0.2) is 0 Å². The summed E-state index contributed by atoms with van der Waals surface area (Å²) in [6.45, 7) is 7.60. The summed E-state index contributed by atoms with van der Waals surface area (Å²) in [5.41, 5.74) is 6.00. The number of allylic oxidation sites excluding steroid dienone is 1. The number of amides is 2. The number of thiophene rings is 1. The number of carbonyl (C=O) groups is 3. The van der Waals surface area contributed by atoms with E-state index in [0.29, 0.717) is 4.88 Å². The minimum Gasteiger partial charge on any atom is -0.480 e. The largest absolute Gasteiger partial charge is 0.480 e.